The minimum atomic E-state index is 0.165. The predicted molar refractivity (Wildman–Crippen MR) is 90.9 cm³/mol. The van der Waals surface area contributed by atoms with E-state index in [1.54, 1.807) is 7.11 Å². The van der Waals surface area contributed by atoms with Crippen LogP contribution >= 0.6 is 23.1 Å². The van der Waals surface area contributed by atoms with Gasteiger partial charge in [0.15, 0.2) is 0 Å². The van der Waals surface area contributed by atoms with Gasteiger partial charge in [-0.25, -0.2) is 0 Å². The normalized spacial score (nSPS) is 15.5. The highest BCUT2D eigenvalue weighted by Gasteiger charge is 2.19. The van der Waals surface area contributed by atoms with E-state index in [-0.39, 0.29) is 6.04 Å². The van der Waals surface area contributed by atoms with Gasteiger partial charge in [0.1, 0.15) is 5.75 Å². The lowest BCUT2D eigenvalue weighted by atomic mass is 10.0. The van der Waals surface area contributed by atoms with Crippen molar-refractivity contribution in [3.8, 4) is 5.75 Å². The molecular weight excluding hydrogens is 300 g/mol. The van der Waals surface area contributed by atoms with Gasteiger partial charge in [-0.15, -0.1) is 11.3 Å². The van der Waals surface area contributed by atoms with E-state index in [1.807, 2.05) is 35.2 Å². The van der Waals surface area contributed by atoms with Gasteiger partial charge >= 0.3 is 0 Å². The Kier molecular flexibility index (Phi) is 4.85. The number of benzene rings is 1. The van der Waals surface area contributed by atoms with E-state index >= 15 is 0 Å². The zero-order valence-corrected chi connectivity index (χ0v) is 13.7. The fourth-order valence-corrected chi connectivity index (χ4v) is 5.06. The van der Waals surface area contributed by atoms with Crippen LogP contribution in [0.5, 0.6) is 5.75 Å². The summed E-state index contributed by atoms with van der Waals surface area (Å²) in [6, 6.07) is 10.7. The Bertz CT molecular complexity index is 589. The maximum Gasteiger partial charge on any atom is 0.119 e. The fraction of sp³-hybridized carbons (Fsp3) is 0.375. The quantitative estimate of drug-likeness (QED) is 0.655. The molecule has 1 aliphatic rings. The summed E-state index contributed by atoms with van der Waals surface area (Å²) < 4.78 is 5.29. The molecule has 1 atom stereocenters. The van der Waals surface area contributed by atoms with Crippen LogP contribution < -0.4 is 16.0 Å². The van der Waals surface area contributed by atoms with E-state index in [2.05, 4.69) is 23.6 Å². The zero-order valence-electron chi connectivity index (χ0n) is 12.1. The van der Waals surface area contributed by atoms with Crippen LogP contribution in [-0.4, -0.2) is 12.9 Å². The van der Waals surface area contributed by atoms with Crippen molar-refractivity contribution in [2.75, 3.05) is 12.9 Å². The molecular formula is C16H20N2OS2. The molecule has 0 amide bonds. The first-order chi connectivity index (χ1) is 10.3. The Balaban J connectivity index is 1.79. The predicted octanol–water partition coefficient (Wildman–Crippen LogP) is 3.29. The molecule has 5 heteroatoms. The van der Waals surface area contributed by atoms with Crippen molar-refractivity contribution in [2.24, 2.45) is 5.84 Å². The number of methoxy groups -OCH3 is 1. The lowest BCUT2D eigenvalue weighted by Gasteiger charge is -2.14. The molecule has 0 fully saturated rings. The second kappa shape index (κ2) is 6.83. The number of thiophene rings is 1. The van der Waals surface area contributed by atoms with Crippen LogP contribution in [-0.2, 0) is 18.6 Å². The molecule has 112 valence electrons. The number of hydrazine groups is 1. The number of fused-ring (bicyclic) bond motifs is 1. The minimum Gasteiger partial charge on any atom is -0.497 e. The highest BCUT2D eigenvalue weighted by molar-refractivity contribution is 7.98. The maximum absolute atomic E-state index is 5.80. The van der Waals surface area contributed by atoms with Crippen LogP contribution in [0, 0.1) is 0 Å². The van der Waals surface area contributed by atoms with Gasteiger partial charge < -0.3 is 4.74 Å². The van der Waals surface area contributed by atoms with Crippen molar-refractivity contribution >= 4 is 23.1 Å². The molecule has 0 radical (unpaired) electrons. The van der Waals surface area contributed by atoms with Crippen molar-refractivity contribution in [1.29, 1.82) is 0 Å². The summed E-state index contributed by atoms with van der Waals surface area (Å²) in [5.41, 5.74) is 5.71. The van der Waals surface area contributed by atoms with Crippen LogP contribution in [0.2, 0.25) is 0 Å². The average Bonchev–Trinajstić information content (AvgIpc) is 2.96. The molecule has 0 bridgehead atoms. The van der Waals surface area contributed by atoms with Gasteiger partial charge in [0.05, 0.1) is 13.2 Å². The third kappa shape index (κ3) is 3.43. The number of hydrogen-bond acceptors (Lipinski definition) is 5. The van der Waals surface area contributed by atoms with Gasteiger partial charge in [-0.3, -0.25) is 11.3 Å². The molecule has 0 spiro atoms. The molecule has 0 saturated heterocycles. The van der Waals surface area contributed by atoms with Gasteiger partial charge in [0.2, 0.25) is 0 Å². The molecule has 1 aliphatic heterocycles. The molecule has 0 saturated carbocycles. The SMILES string of the molecule is COc1cccc(CC(NN)c2cc3c(s2)CCSC3)c1. The minimum absolute atomic E-state index is 0.165. The highest BCUT2D eigenvalue weighted by atomic mass is 32.2. The van der Waals surface area contributed by atoms with Crippen molar-refractivity contribution in [3.05, 3.63) is 51.2 Å². The highest BCUT2D eigenvalue weighted by Crippen LogP contribution is 2.35. The lowest BCUT2D eigenvalue weighted by Crippen LogP contribution is -2.28. The van der Waals surface area contributed by atoms with Gasteiger partial charge in [0, 0.05) is 15.5 Å². The van der Waals surface area contributed by atoms with Crippen molar-refractivity contribution in [3.63, 3.8) is 0 Å². The molecule has 2 heterocycles. The molecule has 1 unspecified atom stereocenters. The van der Waals surface area contributed by atoms with Crippen LogP contribution in [0.15, 0.2) is 30.3 Å². The van der Waals surface area contributed by atoms with E-state index in [4.69, 9.17) is 10.6 Å². The molecule has 3 rings (SSSR count). The fourth-order valence-electron chi connectivity index (χ4n) is 2.62. The molecule has 21 heavy (non-hydrogen) atoms. The van der Waals surface area contributed by atoms with Gasteiger partial charge in [-0.05, 0) is 47.9 Å². The monoisotopic (exact) mass is 320 g/mol. The number of nitrogens with one attached hydrogen (secondary N) is 1. The second-order valence-electron chi connectivity index (χ2n) is 5.17. The third-order valence-corrected chi connectivity index (χ3v) is 6.12. The summed E-state index contributed by atoms with van der Waals surface area (Å²) in [4.78, 5) is 2.88. The Morgan fingerprint density at radius 1 is 1.38 bits per heavy atom. The summed E-state index contributed by atoms with van der Waals surface area (Å²) in [5.74, 6) is 9.08. The Hall–Kier alpha value is -1.01. The summed E-state index contributed by atoms with van der Waals surface area (Å²) in [6.07, 6.45) is 2.07. The Morgan fingerprint density at radius 2 is 2.29 bits per heavy atom. The Labute approximate surface area is 133 Å². The maximum atomic E-state index is 5.80. The topological polar surface area (TPSA) is 47.3 Å². The van der Waals surface area contributed by atoms with Crippen molar-refractivity contribution < 1.29 is 4.74 Å². The number of hydrogen-bond donors (Lipinski definition) is 2. The first kappa shape index (κ1) is 14.9. The second-order valence-corrected chi connectivity index (χ2v) is 7.45. The molecule has 3 N–H and O–H groups in total. The number of ether oxygens (including phenoxy) is 1. The summed E-state index contributed by atoms with van der Waals surface area (Å²) >= 11 is 3.93. The van der Waals surface area contributed by atoms with E-state index in [0.717, 1.165) is 17.9 Å². The van der Waals surface area contributed by atoms with Crippen molar-refractivity contribution in [1.82, 2.24) is 5.43 Å². The number of thioether (sulfide) groups is 1. The average molecular weight is 320 g/mol. The van der Waals surface area contributed by atoms with Crippen LogP contribution in [0.4, 0.5) is 0 Å². The number of nitrogens with two attached hydrogens (primary N) is 1. The van der Waals surface area contributed by atoms with Gasteiger partial charge in [-0.2, -0.15) is 11.8 Å². The van der Waals surface area contributed by atoms with E-state index in [9.17, 15) is 0 Å². The van der Waals surface area contributed by atoms with Crippen LogP contribution in [0.3, 0.4) is 0 Å². The molecule has 0 aliphatic carbocycles. The molecule has 1 aromatic heterocycles. The largest absolute Gasteiger partial charge is 0.497 e. The van der Waals surface area contributed by atoms with E-state index in [1.165, 1.54) is 33.1 Å². The number of aryl methyl sites for hydroxylation is 1. The number of rotatable bonds is 5. The van der Waals surface area contributed by atoms with Gasteiger partial charge in [-0.1, -0.05) is 12.1 Å². The van der Waals surface area contributed by atoms with Crippen molar-refractivity contribution in [2.45, 2.75) is 24.6 Å². The summed E-state index contributed by atoms with van der Waals surface area (Å²) in [5, 5.41) is 0. The summed E-state index contributed by atoms with van der Waals surface area (Å²) in [7, 11) is 1.70. The lowest BCUT2D eigenvalue weighted by molar-refractivity contribution is 0.414. The first-order valence-electron chi connectivity index (χ1n) is 7.08. The first-order valence-corrected chi connectivity index (χ1v) is 9.05. The van der Waals surface area contributed by atoms with Gasteiger partial charge in [0.25, 0.3) is 0 Å². The molecule has 2 aromatic rings. The van der Waals surface area contributed by atoms with E-state index < -0.39 is 0 Å². The Morgan fingerprint density at radius 3 is 3.05 bits per heavy atom. The smallest absolute Gasteiger partial charge is 0.119 e. The molecule has 3 nitrogen and oxygen atoms in total. The molecule has 1 aromatic carbocycles. The standard InChI is InChI=1S/C16H20N2OS2/c1-19-13-4-2-3-11(7-13)8-14(18-17)16-9-12-10-20-6-5-15(12)21-16/h2-4,7,9,14,18H,5-6,8,10,17H2,1H3. The van der Waals surface area contributed by atoms with Crippen LogP contribution in [0.1, 0.15) is 26.9 Å². The third-order valence-electron chi connectivity index (χ3n) is 3.77. The zero-order chi connectivity index (χ0) is 14.7. The van der Waals surface area contributed by atoms with Crippen LogP contribution in [0.25, 0.3) is 0 Å². The summed E-state index contributed by atoms with van der Waals surface area (Å²) in [6.45, 7) is 0. The van der Waals surface area contributed by atoms with E-state index in [0.29, 0.717) is 0 Å².